The van der Waals surface area contributed by atoms with Crippen molar-refractivity contribution in [2.45, 2.75) is 31.9 Å². The minimum Gasteiger partial charge on any atom is -0.372 e. The summed E-state index contributed by atoms with van der Waals surface area (Å²) in [5.74, 6) is 0.347. The van der Waals surface area contributed by atoms with E-state index in [0.717, 1.165) is 39.1 Å². The van der Waals surface area contributed by atoms with E-state index < -0.39 is 0 Å². The number of rotatable bonds is 6. The summed E-state index contributed by atoms with van der Waals surface area (Å²) in [7, 11) is 0. The van der Waals surface area contributed by atoms with Crippen molar-refractivity contribution in [2.75, 3.05) is 26.2 Å². The van der Waals surface area contributed by atoms with Crippen LogP contribution in [0.25, 0.3) is 0 Å². The molecule has 1 N–H and O–H groups in total. The number of carbonyl (C=O) groups excluding carboxylic acids is 1. The van der Waals surface area contributed by atoms with Crippen molar-refractivity contribution in [3.05, 3.63) is 46.2 Å². The molecule has 7 heteroatoms. The highest BCUT2D eigenvalue weighted by Crippen LogP contribution is 2.42. The Bertz CT molecular complexity index is 758. The maximum atomic E-state index is 12.1. The lowest BCUT2D eigenvalue weighted by Crippen LogP contribution is -2.64. The number of nitrogens with zero attached hydrogens (tertiary/aromatic N) is 3. The van der Waals surface area contributed by atoms with Crippen molar-refractivity contribution in [3.63, 3.8) is 0 Å². The van der Waals surface area contributed by atoms with Crippen LogP contribution in [0.15, 0.2) is 30.0 Å². The number of amides is 1. The van der Waals surface area contributed by atoms with Gasteiger partial charge in [-0.1, -0.05) is 0 Å². The van der Waals surface area contributed by atoms with Gasteiger partial charge in [0, 0.05) is 50.1 Å². The zero-order valence-corrected chi connectivity index (χ0v) is 15.8. The van der Waals surface area contributed by atoms with E-state index in [-0.39, 0.29) is 11.5 Å². The van der Waals surface area contributed by atoms with Gasteiger partial charge in [0.15, 0.2) is 0 Å². The lowest BCUT2D eigenvalue weighted by molar-refractivity contribution is -0.136. The molecule has 2 fully saturated rings. The highest BCUT2D eigenvalue weighted by Gasteiger charge is 2.52. The molecule has 2 aliphatic heterocycles. The summed E-state index contributed by atoms with van der Waals surface area (Å²) in [6, 6.07) is 2.18. The van der Waals surface area contributed by atoms with Crippen LogP contribution in [0.3, 0.4) is 0 Å². The quantitative estimate of drug-likeness (QED) is 0.842. The van der Waals surface area contributed by atoms with Crippen LogP contribution in [0.4, 0.5) is 0 Å². The number of hydrogen-bond donors (Lipinski definition) is 1. The second kappa shape index (κ2) is 7.42. The fraction of sp³-hybridized carbons (Fsp3) is 0.526. The largest absolute Gasteiger partial charge is 0.372 e. The van der Waals surface area contributed by atoms with Gasteiger partial charge in [0.1, 0.15) is 5.69 Å². The molecular formula is C19H24N4O2S. The number of nitrogens with one attached hydrogen (secondary N) is 1. The Morgan fingerprint density at radius 2 is 2.35 bits per heavy atom. The average molecular weight is 372 g/mol. The third-order valence-electron chi connectivity index (χ3n) is 5.49. The molecule has 2 aliphatic rings. The Morgan fingerprint density at radius 1 is 1.46 bits per heavy atom. The van der Waals surface area contributed by atoms with E-state index in [4.69, 9.17) is 4.74 Å². The molecular weight excluding hydrogens is 348 g/mol. The first-order chi connectivity index (χ1) is 12.7. The molecule has 1 atom stereocenters. The number of aromatic nitrogens is 2. The van der Waals surface area contributed by atoms with E-state index in [1.165, 1.54) is 22.8 Å². The zero-order chi connectivity index (χ0) is 18.0. The Kier molecular flexibility index (Phi) is 5.02. The maximum Gasteiger partial charge on any atom is 0.271 e. The molecule has 4 heterocycles. The number of ether oxygens (including phenoxy) is 1. The van der Waals surface area contributed by atoms with Gasteiger partial charge in [-0.3, -0.25) is 14.7 Å². The first-order valence-electron chi connectivity index (χ1n) is 9.10. The van der Waals surface area contributed by atoms with Crippen molar-refractivity contribution < 1.29 is 9.53 Å². The van der Waals surface area contributed by atoms with Gasteiger partial charge in [0.2, 0.25) is 0 Å². The summed E-state index contributed by atoms with van der Waals surface area (Å²) >= 11 is 1.83. The predicted molar refractivity (Wildman–Crippen MR) is 100 cm³/mol. The molecule has 26 heavy (non-hydrogen) atoms. The molecule has 2 aromatic rings. The maximum absolute atomic E-state index is 12.1. The number of hydrogen-bond acceptors (Lipinski definition) is 6. The van der Waals surface area contributed by atoms with Crippen LogP contribution in [0.1, 0.15) is 33.8 Å². The molecule has 0 aromatic carbocycles. The zero-order valence-electron chi connectivity index (χ0n) is 15.0. The SMILES string of the molecule is Cc1ccsc1CN1CC2(C1)OCCC2CCNC(=O)c1cnccn1. The van der Waals surface area contributed by atoms with E-state index >= 15 is 0 Å². The Balaban J connectivity index is 1.26. The van der Waals surface area contributed by atoms with Gasteiger partial charge < -0.3 is 10.1 Å². The van der Waals surface area contributed by atoms with Crippen molar-refractivity contribution in [2.24, 2.45) is 5.92 Å². The second-order valence-corrected chi connectivity index (χ2v) is 8.21. The van der Waals surface area contributed by atoms with Gasteiger partial charge in [0.25, 0.3) is 5.91 Å². The first kappa shape index (κ1) is 17.6. The molecule has 0 aliphatic carbocycles. The minimum absolute atomic E-state index is 0.0115. The highest BCUT2D eigenvalue weighted by atomic mass is 32.1. The molecule has 1 unspecified atom stereocenters. The monoisotopic (exact) mass is 372 g/mol. The molecule has 0 radical (unpaired) electrons. The van der Waals surface area contributed by atoms with Crippen LogP contribution in [0.5, 0.6) is 0 Å². The molecule has 2 aromatic heterocycles. The molecule has 0 saturated carbocycles. The van der Waals surface area contributed by atoms with Gasteiger partial charge in [0.05, 0.1) is 11.8 Å². The van der Waals surface area contributed by atoms with E-state index in [1.807, 2.05) is 11.3 Å². The van der Waals surface area contributed by atoms with E-state index in [1.54, 1.807) is 6.20 Å². The number of likely N-dealkylation sites (tertiary alicyclic amines) is 1. The van der Waals surface area contributed by atoms with Crippen LogP contribution in [-0.4, -0.2) is 52.6 Å². The normalized spacial score (nSPS) is 21.7. The second-order valence-electron chi connectivity index (χ2n) is 7.21. The third-order valence-corrected chi connectivity index (χ3v) is 6.50. The summed E-state index contributed by atoms with van der Waals surface area (Å²) in [6.45, 7) is 6.66. The first-order valence-corrected chi connectivity index (χ1v) is 9.98. The Morgan fingerprint density at radius 3 is 3.08 bits per heavy atom. The Labute approximate surface area is 157 Å². The minimum atomic E-state index is -0.158. The van der Waals surface area contributed by atoms with Gasteiger partial charge in [-0.25, -0.2) is 4.98 Å². The molecule has 6 nitrogen and oxygen atoms in total. The molecule has 2 saturated heterocycles. The van der Waals surface area contributed by atoms with Gasteiger partial charge in [-0.2, -0.15) is 0 Å². The van der Waals surface area contributed by atoms with Crippen LogP contribution >= 0.6 is 11.3 Å². The molecule has 138 valence electrons. The van der Waals surface area contributed by atoms with Crippen molar-refractivity contribution in [1.29, 1.82) is 0 Å². The summed E-state index contributed by atoms with van der Waals surface area (Å²) in [5.41, 5.74) is 1.74. The molecule has 1 amide bonds. The van der Waals surface area contributed by atoms with E-state index in [2.05, 4.69) is 38.6 Å². The number of carbonyl (C=O) groups is 1. The van der Waals surface area contributed by atoms with Crippen molar-refractivity contribution >= 4 is 17.2 Å². The molecule has 0 bridgehead atoms. The van der Waals surface area contributed by atoms with Crippen LogP contribution in [-0.2, 0) is 11.3 Å². The Hall–Kier alpha value is -1.83. The standard InChI is InChI=1S/C19H24N4O2S/c1-14-4-9-26-17(14)11-23-12-19(13-23)15(3-8-25-19)2-5-22-18(24)16-10-20-6-7-21-16/h4,6-7,9-10,15H,2-3,5,8,11-13H2,1H3,(H,22,24). The smallest absolute Gasteiger partial charge is 0.271 e. The summed E-state index contributed by atoms with van der Waals surface area (Å²) in [6.07, 6.45) is 6.61. The molecule has 1 spiro atoms. The van der Waals surface area contributed by atoms with Gasteiger partial charge in [-0.15, -0.1) is 11.3 Å². The van der Waals surface area contributed by atoms with Crippen LogP contribution in [0.2, 0.25) is 0 Å². The van der Waals surface area contributed by atoms with Crippen molar-refractivity contribution in [3.8, 4) is 0 Å². The number of aryl methyl sites for hydroxylation is 1. The lowest BCUT2D eigenvalue weighted by atomic mass is 9.79. The summed E-state index contributed by atoms with van der Waals surface area (Å²) in [5, 5.41) is 5.12. The fourth-order valence-electron chi connectivity index (χ4n) is 4.00. The third kappa shape index (κ3) is 3.51. The number of thiophene rings is 1. The van der Waals surface area contributed by atoms with Crippen LogP contribution < -0.4 is 5.32 Å². The topological polar surface area (TPSA) is 67.3 Å². The van der Waals surface area contributed by atoms with E-state index in [9.17, 15) is 4.79 Å². The average Bonchev–Trinajstić information content (AvgIpc) is 3.22. The van der Waals surface area contributed by atoms with Crippen molar-refractivity contribution in [1.82, 2.24) is 20.2 Å². The van der Waals surface area contributed by atoms with E-state index in [0.29, 0.717) is 18.2 Å². The predicted octanol–water partition coefficient (Wildman–Crippen LogP) is 2.26. The highest BCUT2D eigenvalue weighted by molar-refractivity contribution is 7.10. The van der Waals surface area contributed by atoms with Gasteiger partial charge in [-0.05, 0) is 42.7 Å². The summed E-state index contributed by atoms with van der Waals surface area (Å²) in [4.78, 5) is 24.0. The fourth-order valence-corrected chi connectivity index (χ4v) is 4.95. The molecule has 4 rings (SSSR count). The summed E-state index contributed by atoms with van der Waals surface area (Å²) < 4.78 is 6.14. The van der Waals surface area contributed by atoms with Gasteiger partial charge >= 0.3 is 0 Å². The lowest BCUT2D eigenvalue weighted by Gasteiger charge is -2.50. The van der Waals surface area contributed by atoms with Crippen LogP contribution in [0, 0.1) is 12.8 Å².